The highest BCUT2D eigenvalue weighted by Gasteiger charge is 2.29. The van der Waals surface area contributed by atoms with E-state index in [1.165, 1.54) is 15.9 Å². The van der Waals surface area contributed by atoms with Gasteiger partial charge in [-0.15, -0.1) is 0 Å². The molecule has 26 heavy (non-hydrogen) atoms. The molecule has 1 N–H and O–H groups in total. The van der Waals surface area contributed by atoms with Crippen LogP contribution in [0.15, 0.2) is 47.4 Å². The van der Waals surface area contributed by atoms with E-state index in [0.717, 1.165) is 19.3 Å². The van der Waals surface area contributed by atoms with Crippen LogP contribution in [0.4, 0.5) is 5.69 Å². The van der Waals surface area contributed by atoms with Crippen molar-refractivity contribution in [1.82, 2.24) is 4.31 Å². The number of nitrogens with zero attached hydrogens (tertiary/aromatic N) is 1. The number of hydrogen-bond donors (Lipinski definition) is 1. The van der Waals surface area contributed by atoms with E-state index in [4.69, 9.17) is 0 Å². The van der Waals surface area contributed by atoms with E-state index < -0.39 is 10.0 Å². The molecule has 1 amide bonds. The van der Waals surface area contributed by atoms with Gasteiger partial charge in [0.05, 0.1) is 4.90 Å². The molecule has 0 aromatic heterocycles. The van der Waals surface area contributed by atoms with Gasteiger partial charge in [-0.05, 0) is 61.6 Å². The zero-order valence-electron chi connectivity index (χ0n) is 15.2. The van der Waals surface area contributed by atoms with Gasteiger partial charge in [0.15, 0.2) is 0 Å². The first-order valence-electron chi connectivity index (χ1n) is 8.93. The minimum Gasteiger partial charge on any atom is -0.322 e. The Bertz CT molecular complexity index is 899. The Labute approximate surface area is 155 Å². The molecule has 1 saturated heterocycles. The zero-order valence-corrected chi connectivity index (χ0v) is 16.0. The minimum absolute atomic E-state index is 0.216. The van der Waals surface area contributed by atoms with Crippen molar-refractivity contribution in [2.24, 2.45) is 0 Å². The third-order valence-corrected chi connectivity index (χ3v) is 6.79. The van der Waals surface area contributed by atoms with E-state index in [1.54, 1.807) is 19.1 Å². The average molecular weight is 372 g/mol. The molecule has 5 nitrogen and oxygen atoms in total. The lowest BCUT2D eigenvalue weighted by Gasteiger charge is -2.18. The van der Waals surface area contributed by atoms with Crippen molar-refractivity contribution >= 4 is 21.6 Å². The molecule has 0 atom stereocenters. The van der Waals surface area contributed by atoms with Crippen molar-refractivity contribution in [1.29, 1.82) is 0 Å². The highest BCUT2D eigenvalue weighted by atomic mass is 32.2. The SMILES string of the molecule is CCc1ccc(NC(=O)c2ccc(C)c(S(=O)(=O)N3CCCC3)c2)cc1. The Hall–Kier alpha value is -2.18. The van der Waals surface area contributed by atoms with Crippen LogP contribution in [-0.4, -0.2) is 31.7 Å². The molecule has 0 unspecified atom stereocenters. The van der Waals surface area contributed by atoms with Gasteiger partial charge in [0.1, 0.15) is 0 Å². The fraction of sp³-hybridized carbons (Fsp3) is 0.350. The smallest absolute Gasteiger partial charge is 0.255 e. The van der Waals surface area contributed by atoms with Gasteiger partial charge in [-0.3, -0.25) is 4.79 Å². The molecule has 3 rings (SSSR count). The third-order valence-electron chi connectivity index (χ3n) is 4.75. The number of rotatable bonds is 5. The molecule has 0 bridgehead atoms. The van der Waals surface area contributed by atoms with Gasteiger partial charge in [0.25, 0.3) is 5.91 Å². The van der Waals surface area contributed by atoms with Gasteiger partial charge < -0.3 is 5.32 Å². The summed E-state index contributed by atoms with van der Waals surface area (Å²) in [7, 11) is -3.55. The molecule has 0 spiro atoms. The van der Waals surface area contributed by atoms with Crippen LogP contribution in [0.25, 0.3) is 0 Å². The number of benzene rings is 2. The molecule has 2 aromatic carbocycles. The second-order valence-corrected chi connectivity index (χ2v) is 8.50. The molecule has 6 heteroatoms. The first-order valence-corrected chi connectivity index (χ1v) is 10.4. The summed E-state index contributed by atoms with van der Waals surface area (Å²) < 4.78 is 27.2. The van der Waals surface area contributed by atoms with Crippen molar-refractivity contribution in [3.63, 3.8) is 0 Å². The Morgan fingerprint density at radius 1 is 1.08 bits per heavy atom. The van der Waals surface area contributed by atoms with Crippen LogP contribution in [-0.2, 0) is 16.4 Å². The van der Waals surface area contributed by atoms with Gasteiger partial charge in [-0.1, -0.05) is 25.1 Å². The number of carbonyl (C=O) groups excluding carboxylic acids is 1. The average Bonchev–Trinajstić information content (AvgIpc) is 3.18. The maximum absolute atomic E-state index is 12.9. The first-order chi connectivity index (χ1) is 12.4. The minimum atomic E-state index is -3.55. The molecule has 138 valence electrons. The van der Waals surface area contributed by atoms with Crippen LogP contribution in [0, 0.1) is 6.92 Å². The lowest BCUT2D eigenvalue weighted by Crippen LogP contribution is -2.28. The van der Waals surface area contributed by atoms with Crippen molar-refractivity contribution < 1.29 is 13.2 Å². The summed E-state index contributed by atoms with van der Waals surface area (Å²) >= 11 is 0. The molecule has 1 heterocycles. The molecule has 1 aliphatic heterocycles. The van der Waals surface area contributed by atoms with Gasteiger partial charge in [-0.25, -0.2) is 8.42 Å². The van der Waals surface area contributed by atoms with E-state index in [9.17, 15) is 13.2 Å². The Morgan fingerprint density at radius 2 is 1.73 bits per heavy atom. The van der Waals surface area contributed by atoms with E-state index in [1.807, 2.05) is 24.3 Å². The van der Waals surface area contributed by atoms with Crippen LogP contribution < -0.4 is 5.32 Å². The molecule has 0 saturated carbocycles. The number of carbonyl (C=O) groups is 1. The van der Waals surface area contributed by atoms with E-state index in [-0.39, 0.29) is 10.8 Å². The second kappa shape index (κ2) is 7.60. The molecule has 0 aliphatic carbocycles. The molecule has 1 fully saturated rings. The Balaban J connectivity index is 1.85. The molecule has 1 aliphatic rings. The standard InChI is InChI=1S/C20H24N2O3S/c1-3-16-7-10-18(11-8-16)21-20(23)17-9-6-15(2)19(14-17)26(24,25)22-12-4-5-13-22/h6-11,14H,3-5,12-13H2,1-2H3,(H,21,23). The maximum atomic E-state index is 12.9. The number of anilines is 1. The quantitative estimate of drug-likeness (QED) is 0.872. The summed E-state index contributed by atoms with van der Waals surface area (Å²) in [6.45, 7) is 4.92. The number of hydrogen-bond acceptors (Lipinski definition) is 3. The summed E-state index contributed by atoms with van der Waals surface area (Å²) in [6.07, 6.45) is 2.70. The normalized spacial score (nSPS) is 15.2. The monoisotopic (exact) mass is 372 g/mol. The molecule has 0 radical (unpaired) electrons. The van der Waals surface area contributed by atoms with Crippen molar-refractivity contribution in [2.75, 3.05) is 18.4 Å². The van der Waals surface area contributed by atoms with Crippen LogP contribution >= 0.6 is 0 Å². The van der Waals surface area contributed by atoms with Crippen LogP contribution in [0.5, 0.6) is 0 Å². The zero-order chi connectivity index (χ0) is 18.7. The predicted octanol–water partition coefficient (Wildman–Crippen LogP) is 3.59. The summed E-state index contributed by atoms with van der Waals surface area (Å²) in [6, 6.07) is 12.5. The number of aryl methyl sites for hydroxylation is 2. The third kappa shape index (κ3) is 3.81. The Kier molecular flexibility index (Phi) is 5.44. The summed E-state index contributed by atoms with van der Waals surface area (Å²) in [5, 5.41) is 2.83. The fourth-order valence-electron chi connectivity index (χ4n) is 3.11. The van der Waals surface area contributed by atoms with E-state index >= 15 is 0 Å². The number of nitrogens with one attached hydrogen (secondary N) is 1. The van der Waals surface area contributed by atoms with Gasteiger partial charge in [0, 0.05) is 24.3 Å². The van der Waals surface area contributed by atoms with Gasteiger partial charge >= 0.3 is 0 Å². The number of amides is 1. The van der Waals surface area contributed by atoms with Crippen molar-refractivity contribution in [3.8, 4) is 0 Å². The summed E-state index contributed by atoms with van der Waals surface area (Å²) in [4.78, 5) is 12.8. The highest BCUT2D eigenvalue weighted by molar-refractivity contribution is 7.89. The lowest BCUT2D eigenvalue weighted by atomic mass is 10.1. The Morgan fingerprint density at radius 3 is 2.35 bits per heavy atom. The number of sulfonamides is 1. The predicted molar refractivity (Wildman–Crippen MR) is 103 cm³/mol. The topological polar surface area (TPSA) is 66.5 Å². The van der Waals surface area contributed by atoms with E-state index in [0.29, 0.717) is 29.9 Å². The van der Waals surface area contributed by atoms with Gasteiger partial charge in [-0.2, -0.15) is 4.31 Å². The largest absolute Gasteiger partial charge is 0.322 e. The van der Waals surface area contributed by atoms with Crippen molar-refractivity contribution in [2.45, 2.75) is 38.0 Å². The van der Waals surface area contributed by atoms with Crippen LogP contribution in [0.3, 0.4) is 0 Å². The van der Waals surface area contributed by atoms with E-state index in [2.05, 4.69) is 12.2 Å². The summed E-state index contributed by atoms with van der Waals surface area (Å²) in [5.74, 6) is -0.313. The molecular weight excluding hydrogens is 348 g/mol. The maximum Gasteiger partial charge on any atom is 0.255 e. The first kappa shape index (κ1) is 18.6. The van der Waals surface area contributed by atoms with Crippen LogP contribution in [0.2, 0.25) is 0 Å². The lowest BCUT2D eigenvalue weighted by molar-refractivity contribution is 0.102. The van der Waals surface area contributed by atoms with Gasteiger partial charge in [0.2, 0.25) is 10.0 Å². The highest BCUT2D eigenvalue weighted by Crippen LogP contribution is 2.25. The molecule has 2 aromatic rings. The summed E-state index contributed by atoms with van der Waals surface area (Å²) in [5.41, 5.74) is 2.88. The van der Waals surface area contributed by atoms with Crippen LogP contribution in [0.1, 0.15) is 41.3 Å². The second-order valence-electron chi connectivity index (χ2n) is 6.60. The van der Waals surface area contributed by atoms with Crippen molar-refractivity contribution in [3.05, 3.63) is 59.2 Å². The fourth-order valence-corrected chi connectivity index (χ4v) is 4.88. The molecular formula is C20H24N2O3S.